The second kappa shape index (κ2) is 6.02. The van der Waals surface area contributed by atoms with Crippen LogP contribution < -0.4 is 5.32 Å². The van der Waals surface area contributed by atoms with E-state index in [0.29, 0.717) is 11.0 Å². The number of aryl methyl sites for hydroxylation is 2. The second-order valence-corrected chi connectivity index (χ2v) is 5.13. The third kappa shape index (κ3) is 3.67. The van der Waals surface area contributed by atoms with Crippen LogP contribution in [0.4, 0.5) is 5.82 Å². The highest BCUT2D eigenvalue weighted by atomic mass is 35.5. The standard InChI is InChI=1S/C15H18ClN3/c1-10(9-13-7-5-4-6-8-13)17-15-14(16)18-11(2)12(3)19-15/h4-8,10H,9H2,1-3H3,(H,17,19). The molecule has 0 saturated carbocycles. The largest absolute Gasteiger partial charge is 0.365 e. The molecule has 2 aromatic rings. The Bertz CT molecular complexity index is 555. The second-order valence-electron chi connectivity index (χ2n) is 4.77. The monoisotopic (exact) mass is 275 g/mol. The molecule has 0 bridgehead atoms. The van der Waals surface area contributed by atoms with E-state index < -0.39 is 0 Å². The predicted molar refractivity (Wildman–Crippen MR) is 79.7 cm³/mol. The van der Waals surface area contributed by atoms with Gasteiger partial charge < -0.3 is 5.32 Å². The van der Waals surface area contributed by atoms with E-state index in [1.165, 1.54) is 5.56 Å². The number of anilines is 1. The third-order valence-electron chi connectivity index (χ3n) is 3.03. The van der Waals surface area contributed by atoms with Crippen molar-refractivity contribution in [3.8, 4) is 0 Å². The molecule has 19 heavy (non-hydrogen) atoms. The fourth-order valence-electron chi connectivity index (χ4n) is 1.92. The number of benzene rings is 1. The number of halogens is 1. The van der Waals surface area contributed by atoms with Crippen molar-refractivity contribution in [3.05, 3.63) is 52.4 Å². The molecule has 1 unspecified atom stereocenters. The highest BCUT2D eigenvalue weighted by Gasteiger charge is 2.10. The highest BCUT2D eigenvalue weighted by Crippen LogP contribution is 2.19. The summed E-state index contributed by atoms with van der Waals surface area (Å²) in [5, 5.41) is 3.75. The van der Waals surface area contributed by atoms with Crippen molar-refractivity contribution in [2.75, 3.05) is 5.32 Å². The fraction of sp³-hybridized carbons (Fsp3) is 0.333. The van der Waals surface area contributed by atoms with Crippen molar-refractivity contribution in [1.82, 2.24) is 9.97 Å². The van der Waals surface area contributed by atoms with Crippen LogP contribution in [-0.2, 0) is 6.42 Å². The first kappa shape index (κ1) is 13.8. The summed E-state index contributed by atoms with van der Waals surface area (Å²) in [4.78, 5) is 8.72. The first-order valence-corrected chi connectivity index (χ1v) is 6.75. The van der Waals surface area contributed by atoms with E-state index in [4.69, 9.17) is 11.6 Å². The molecule has 100 valence electrons. The molecule has 0 aliphatic rings. The molecule has 0 aliphatic heterocycles. The van der Waals surface area contributed by atoms with Crippen LogP contribution in [0, 0.1) is 13.8 Å². The number of nitrogens with zero attached hydrogens (tertiary/aromatic N) is 2. The van der Waals surface area contributed by atoms with Crippen LogP contribution in [-0.4, -0.2) is 16.0 Å². The average Bonchev–Trinajstić information content (AvgIpc) is 2.37. The van der Waals surface area contributed by atoms with Crippen LogP contribution in [0.15, 0.2) is 30.3 Å². The fourth-order valence-corrected chi connectivity index (χ4v) is 2.14. The van der Waals surface area contributed by atoms with Crippen molar-refractivity contribution >= 4 is 17.4 Å². The Morgan fingerprint density at radius 3 is 2.42 bits per heavy atom. The van der Waals surface area contributed by atoms with Gasteiger partial charge in [0.25, 0.3) is 0 Å². The Morgan fingerprint density at radius 1 is 1.11 bits per heavy atom. The molecule has 1 aromatic heterocycles. The molecule has 1 N–H and O–H groups in total. The Morgan fingerprint density at radius 2 is 1.74 bits per heavy atom. The van der Waals surface area contributed by atoms with E-state index in [2.05, 4.69) is 34.3 Å². The van der Waals surface area contributed by atoms with Gasteiger partial charge in [0.1, 0.15) is 0 Å². The van der Waals surface area contributed by atoms with Gasteiger partial charge in [-0.05, 0) is 32.8 Å². The molecule has 4 heteroatoms. The van der Waals surface area contributed by atoms with Crippen LogP contribution in [0.25, 0.3) is 0 Å². The molecule has 2 rings (SSSR count). The first-order chi connectivity index (χ1) is 9.06. The average molecular weight is 276 g/mol. The van der Waals surface area contributed by atoms with Crippen molar-refractivity contribution in [3.63, 3.8) is 0 Å². The summed E-state index contributed by atoms with van der Waals surface area (Å²) in [7, 11) is 0. The van der Waals surface area contributed by atoms with Gasteiger partial charge in [-0.25, -0.2) is 9.97 Å². The Labute approximate surface area is 119 Å². The molecule has 0 radical (unpaired) electrons. The Balaban J connectivity index is 2.07. The Kier molecular flexibility index (Phi) is 4.38. The lowest BCUT2D eigenvalue weighted by Crippen LogP contribution is -2.19. The summed E-state index contributed by atoms with van der Waals surface area (Å²) in [6.07, 6.45) is 0.922. The summed E-state index contributed by atoms with van der Waals surface area (Å²) < 4.78 is 0. The van der Waals surface area contributed by atoms with Gasteiger partial charge in [-0.15, -0.1) is 0 Å². The molecule has 0 spiro atoms. The quantitative estimate of drug-likeness (QED) is 0.922. The van der Waals surface area contributed by atoms with Crippen LogP contribution in [0.3, 0.4) is 0 Å². The SMILES string of the molecule is Cc1nc(Cl)c(NC(C)Cc2ccccc2)nc1C. The van der Waals surface area contributed by atoms with Crippen LogP contribution in [0.2, 0.25) is 5.15 Å². The molecule has 0 saturated heterocycles. The molecule has 0 fully saturated rings. The lowest BCUT2D eigenvalue weighted by atomic mass is 10.1. The van der Waals surface area contributed by atoms with E-state index in [-0.39, 0.29) is 6.04 Å². The first-order valence-electron chi connectivity index (χ1n) is 6.37. The van der Waals surface area contributed by atoms with Crippen LogP contribution >= 0.6 is 11.6 Å². The third-order valence-corrected chi connectivity index (χ3v) is 3.30. The molecule has 1 aromatic carbocycles. The molecule has 1 atom stereocenters. The van der Waals surface area contributed by atoms with E-state index in [0.717, 1.165) is 17.8 Å². The maximum absolute atomic E-state index is 6.11. The molecule has 1 heterocycles. The number of aromatic nitrogens is 2. The minimum atomic E-state index is 0.247. The van der Waals surface area contributed by atoms with Crippen molar-refractivity contribution < 1.29 is 0 Å². The number of rotatable bonds is 4. The summed E-state index contributed by atoms with van der Waals surface area (Å²) in [5.41, 5.74) is 3.06. The minimum Gasteiger partial charge on any atom is -0.365 e. The maximum atomic E-state index is 6.11. The van der Waals surface area contributed by atoms with E-state index >= 15 is 0 Å². The van der Waals surface area contributed by atoms with Gasteiger partial charge in [0, 0.05) is 6.04 Å². The molecule has 0 amide bonds. The summed E-state index contributed by atoms with van der Waals surface area (Å²) in [6.45, 7) is 5.96. The number of hydrogen-bond acceptors (Lipinski definition) is 3. The van der Waals surface area contributed by atoms with Crippen LogP contribution in [0.1, 0.15) is 23.9 Å². The lowest BCUT2D eigenvalue weighted by molar-refractivity contribution is 0.781. The van der Waals surface area contributed by atoms with Gasteiger partial charge in [-0.3, -0.25) is 0 Å². The zero-order chi connectivity index (χ0) is 13.8. The topological polar surface area (TPSA) is 37.8 Å². The van der Waals surface area contributed by atoms with Gasteiger partial charge in [0.15, 0.2) is 11.0 Å². The maximum Gasteiger partial charge on any atom is 0.171 e. The van der Waals surface area contributed by atoms with E-state index in [1.807, 2.05) is 32.0 Å². The number of nitrogens with one attached hydrogen (secondary N) is 1. The highest BCUT2D eigenvalue weighted by molar-refractivity contribution is 6.31. The van der Waals surface area contributed by atoms with E-state index in [9.17, 15) is 0 Å². The van der Waals surface area contributed by atoms with Gasteiger partial charge in [0.2, 0.25) is 0 Å². The van der Waals surface area contributed by atoms with Gasteiger partial charge in [0.05, 0.1) is 11.4 Å². The summed E-state index contributed by atoms with van der Waals surface area (Å²) in [5.74, 6) is 0.660. The van der Waals surface area contributed by atoms with Gasteiger partial charge >= 0.3 is 0 Å². The van der Waals surface area contributed by atoms with E-state index in [1.54, 1.807) is 0 Å². The molecular weight excluding hydrogens is 258 g/mol. The predicted octanol–water partition coefficient (Wildman–Crippen LogP) is 3.79. The zero-order valence-corrected chi connectivity index (χ0v) is 12.2. The number of hydrogen-bond donors (Lipinski definition) is 1. The van der Waals surface area contributed by atoms with Crippen molar-refractivity contribution in [1.29, 1.82) is 0 Å². The molecule has 3 nitrogen and oxygen atoms in total. The summed E-state index contributed by atoms with van der Waals surface area (Å²) >= 11 is 6.11. The Hall–Kier alpha value is -1.61. The normalized spacial score (nSPS) is 12.2. The lowest BCUT2D eigenvalue weighted by Gasteiger charge is -2.16. The van der Waals surface area contributed by atoms with Crippen molar-refractivity contribution in [2.45, 2.75) is 33.2 Å². The smallest absolute Gasteiger partial charge is 0.171 e. The zero-order valence-electron chi connectivity index (χ0n) is 11.4. The van der Waals surface area contributed by atoms with Gasteiger partial charge in [-0.1, -0.05) is 41.9 Å². The summed E-state index contributed by atoms with van der Waals surface area (Å²) in [6, 6.07) is 10.6. The van der Waals surface area contributed by atoms with Gasteiger partial charge in [-0.2, -0.15) is 0 Å². The van der Waals surface area contributed by atoms with Crippen molar-refractivity contribution in [2.24, 2.45) is 0 Å². The molecular formula is C15H18ClN3. The minimum absolute atomic E-state index is 0.247. The molecule has 0 aliphatic carbocycles. The van der Waals surface area contributed by atoms with Crippen LogP contribution in [0.5, 0.6) is 0 Å².